The highest BCUT2D eigenvalue weighted by Gasteiger charge is 2.29. The summed E-state index contributed by atoms with van der Waals surface area (Å²) in [5, 5.41) is 9.61. The third kappa shape index (κ3) is 3.27. The summed E-state index contributed by atoms with van der Waals surface area (Å²) in [6.45, 7) is 6.73. The Kier molecular flexibility index (Phi) is 3.50. The number of esters is 1. The maximum Gasteiger partial charge on any atom is 0.351 e. The molecule has 0 unspecified atom stereocenters. The number of ether oxygens (including phenoxy) is 1. The molecule has 0 saturated carbocycles. The molecule has 1 radical (unpaired) electrons. The van der Waals surface area contributed by atoms with Gasteiger partial charge in [-0.3, -0.25) is 4.90 Å². The van der Waals surface area contributed by atoms with Gasteiger partial charge in [-0.1, -0.05) is 0 Å². The molecule has 4 nitrogen and oxygen atoms in total. The lowest BCUT2D eigenvalue weighted by Crippen LogP contribution is -2.42. The van der Waals surface area contributed by atoms with Crippen LogP contribution in [0.15, 0.2) is 0 Å². The van der Waals surface area contributed by atoms with Gasteiger partial charge in [0.05, 0.1) is 0 Å². The van der Waals surface area contributed by atoms with Crippen LogP contribution in [0.4, 0.5) is 0 Å². The molecule has 14 heavy (non-hydrogen) atoms. The SMILES string of the molecule is CC(C)(C)OC(=O)[C@H](O)N1C[CH]CC1. The summed E-state index contributed by atoms with van der Waals surface area (Å²) in [6.07, 6.45) is 1.83. The number of carbonyl (C=O) groups excluding carboxylic acids is 1. The number of rotatable bonds is 2. The van der Waals surface area contributed by atoms with E-state index in [1.165, 1.54) is 0 Å². The Morgan fingerprint density at radius 3 is 2.64 bits per heavy atom. The molecule has 0 aromatic rings. The van der Waals surface area contributed by atoms with Gasteiger partial charge in [-0.25, -0.2) is 4.79 Å². The first-order valence-electron chi connectivity index (χ1n) is 4.87. The average molecular weight is 200 g/mol. The molecule has 1 saturated heterocycles. The van der Waals surface area contributed by atoms with Gasteiger partial charge in [0, 0.05) is 13.1 Å². The van der Waals surface area contributed by atoms with Gasteiger partial charge in [0.2, 0.25) is 6.23 Å². The second kappa shape index (κ2) is 4.28. The Bertz CT molecular complexity index is 204. The first-order valence-corrected chi connectivity index (χ1v) is 4.87. The maximum atomic E-state index is 11.4. The van der Waals surface area contributed by atoms with Crippen LogP contribution in [0.3, 0.4) is 0 Å². The minimum absolute atomic E-state index is 0.540. The minimum Gasteiger partial charge on any atom is -0.457 e. The molecule has 1 rings (SSSR count). The Morgan fingerprint density at radius 1 is 1.57 bits per heavy atom. The summed E-state index contributed by atoms with van der Waals surface area (Å²) in [5.74, 6) is -0.562. The Labute approximate surface area is 84.8 Å². The molecule has 0 bridgehead atoms. The number of hydrogen-bond donors (Lipinski definition) is 1. The molecule has 1 heterocycles. The number of nitrogens with zero attached hydrogens (tertiary/aromatic N) is 1. The van der Waals surface area contributed by atoms with Gasteiger partial charge in [-0.15, -0.1) is 0 Å². The Hall–Kier alpha value is -0.610. The van der Waals surface area contributed by atoms with Crippen LogP contribution in [-0.4, -0.2) is 40.9 Å². The van der Waals surface area contributed by atoms with Crippen LogP contribution in [0.25, 0.3) is 0 Å². The molecular weight excluding hydrogens is 182 g/mol. The second-order valence-corrected chi connectivity index (χ2v) is 4.48. The van der Waals surface area contributed by atoms with Gasteiger partial charge < -0.3 is 9.84 Å². The molecule has 1 fully saturated rings. The van der Waals surface area contributed by atoms with Crippen molar-refractivity contribution in [2.75, 3.05) is 13.1 Å². The Morgan fingerprint density at radius 2 is 2.21 bits per heavy atom. The summed E-state index contributed by atoms with van der Waals surface area (Å²) < 4.78 is 5.07. The molecular formula is C10H18NO3. The van der Waals surface area contributed by atoms with Gasteiger partial charge in [-0.05, 0) is 33.6 Å². The van der Waals surface area contributed by atoms with Crippen molar-refractivity contribution in [1.29, 1.82) is 0 Å². The van der Waals surface area contributed by atoms with Crippen molar-refractivity contribution in [3.05, 3.63) is 6.42 Å². The first-order chi connectivity index (χ1) is 6.40. The van der Waals surface area contributed by atoms with Crippen molar-refractivity contribution in [3.63, 3.8) is 0 Å². The third-order valence-corrected chi connectivity index (χ3v) is 1.95. The van der Waals surface area contributed by atoms with Gasteiger partial charge in [0.25, 0.3) is 0 Å². The van der Waals surface area contributed by atoms with E-state index in [0.29, 0.717) is 6.54 Å². The molecule has 0 spiro atoms. The van der Waals surface area contributed by atoms with Gasteiger partial charge in [0.15, 0.2) is 0 Å². The van der Waals surface area contributed by atoms with Crippen molar-refractivity contribution < 1.29 is 14.6 Å². The highest BCUT2D eigenvalue weighted by Crippen LogP contribution is 2.14. The number of likely N-dealkylation sites (tertiary alicyclic amines) is 1. The number of aliphatic hydroxyl groups excluding tert-OH is 1. The molecule has 1 aliphatic heterocycles. The van der Waals surface area contributed by atoms with Gasteiger partial charge >= 0.3 is 5.97 Å². The molecule has 0 aromatic carbocycles. The third-order valence-electron chi connectivity index (χ3n) is 1.95. The summed E-state index contributed by atoms with van der Waals surface area (Å²) in [5.41, 5.74) is -0.540. The average Bonchev–Trinajstić information content (AvgIpc) is 2.51. The fourth-order valence-electron chi connectivity index (χ4n) is 1.33. The fraction of sp³-hybridized carbons (Fsp3) is 0.800. The van der Waals surface area contributed by atoms with E-state index >= 15 is 0 Å². The molecule has 0 amide bonds. The quantitative estimate of drug-likeness (QED) is 0.662. The molecule has 1 atom stereocenters. The number of aliphatic hydroxyl groups is 1. The number of hydrogen-bond acceptors (Lipinski definition) is 4. The minimum atomic E-state index is -1.12. The molecule has 1 N–H and O–H groups in total. The molecule has 1 aliphatic rings. The summed E-state index contributed by atoms with van der Waals surface area (Å²) in [6, 6.07) is 0. The van der Waals surface area contributed by atoms with Crippen molar-refractivity contribution in [2.45, 2.75) is 39.0 Å². The predicted molar refractivity (Wildman–Crippen MR) is 52.3 cm³/mol. The van der Waals surface area contributed by atoms with E-state index in [2.05, 4.69) is 0 Å². The maximum absolute atomic E-state index is 11.4. The van der Waals surface area contributed by atoms with Crippen LogP contribution >= 0.6 is 0 Å². The lowest BCUT2D eigenvalue weighted by Gasteiger charge is -2.25. The van der Waals surface area contributed by atoms with E-state index in [0.717, 1.165) is 13.0 Å². The van der Waals surface area contributed by atoms with E-state index < -0.39 is 17.8 Å². The highest BCUT2D eigenvalue weighted by atomic mass is 16.6. The zero-order valence-corrected chi connectivity index (χ0v) is 8.99. The van der Waals surface area contributed by atoms with Crippen molar-refractivity contribution in [2.24, 2.45) is 0 Å². The van der Waals surface area contributed by atoms with Crippen molar-refractivity contribution in [3.8, 4) is 0 Å². The van der Waals surface area contributed by atoms with Gasteiger partial charge in [-0.2, -0.15) is 0 Å². The number of carbonyl (C=O) groups is 1. The van der Waals surface area contributed by atoms with Gasteiger partial charge in [0.1, 0.15) is 5.60 Å². The van der Waals surface area contributed by atoms with E-state index in [9.17, 15) is 9.90 Å². The van der Waals surface area contributed by atoms with E-state index in [1.807, 2.05) is 6.42 Å². The summed E-state index contributed by atoms with van der Waals surface area (Å²) in [7, 11) is 0. The normalized spacial score (nSPS) is 20.9. The largest absolute Gasteiger partial charge is 0.457 e. The zero-order chi connectivity index (χ0) is 10.8. The van der Waals surface area contributed by atoms with Crippen LogP contribution in [0.2, 0.25) is 0 Å². The Balaban J connectivity index is 2.43. The highest BCUT2D eigenvalue weighted by molar-refractivity contribution is 5.74. The van der Waals surface area contributed by atoms with Crippen LogP contribution in [0.1, 0.15) is 27.2 Å². The van der Waals surface area contributed by atoms with Crippen LogP contribution < -0.4 is 0 Å². The van der Waals surface area contributed by atoms with Crippen LogP contribution in [-0.2, 0) is 9.53 Å². The van der Waals surface area contributed by atoms with Crippen LogP contribution in [0, 0.1) is 6.42 Å². The summed E-state index contributed by atoms with van der Waals surface area (Å²) in [4.78, 5) is 13.1. The monoisotopic (exact) mass is 200 g/mol. The molecule has 0 aromatic heterocycles. The van der Waals surface area contributed by atoms with Crippen molar-refractivity contribution >= 4 is 5.97 Å². The second-order valence-electron chi connectivity index (χ2n) is 4.48. The standard InChI is InChI=1S/C10H18NO3/c1-10(2,3)14-9(13)8(12)11-6-4-5-7-11/h4,8,12H,5-7H2,1-3H3/t8-/m0/s1. The predicted octanol–water partition coefficient (Wildman–Crippen LogP) is 0.556. The fourth-order valence-corrected chi connectivity index (χ4v) is 1.33. The first kappa shape index (κ1) is 11.5. The molecule has 81 valence electrons. The molecule has 4 heteroatoms. The lowest BCUT2D eigenvalue weighted by atomic mass is 10.2. The smallest absolute Gasteiger partial charge is 0.351 e. The zero-order valence-electron chi connectivity index (χ0n) is 8.99. The van der Waals surface area contributed by atoms with Crippen molar-refractivity contribution in [1.82, 2.24) is 4.90 Å². The topological polar surface area (TPSA) is 49.8 Å². The van der Waals surface area contributed by atoms with Crippen LogP contribution in [0.5, 0.6) is 0 Å². The molecule has 0 aliphatic carbocycles. The summed E-state index contributed by atoms with van der Waals surface area (Å²) >= 11 is 0. The lowest BCUT2D eigenvalue weighted by molar-refractivity contribution is -0.174. The van der Waals surface area contributed by atoms with E-state index in [-0.39, 0.29) is 0 Å². The van der Waals surface area contributed by atoms with E-state index in [1.54, 1.807) is 25.7 Å². The van der Waals surface area contributed by atoms with E-state index in [4.69, 9.17) is 4.74 Å².